The monoisotopic (exact) mass is 472 g/mol. The van der Waals surface area contributed by atoms with Gasteiger partial charge in [-0.05, 0) is 60.2 Å². The highest BCUT2D eigenvalue weighted by molar-refractivity contribution is 6.32. The normalized spacial score (nSPS) is 18.5. The van der Waals surface area contributed by atoms with Crippen LogP contribution in [0.1, 0.15) is 43.7 Å². The fourth-order valence-corrected chi connectivity index (χ4v) is 4.19. The summed E-state index contributed by atoms with van der Waals surface area (Å²) < 4.78 is 11.3. The van der Waals surface area contributed by atoms with E-state index in [0.717, 1.165) is 24.8 Å². The van der Waals surface area contributed by atoms with Crippen molar-refractivity contribution in [3.05, 3.63) is 63.1 Å². The summed E-state index contributed by atoms with van der Waals surface area (Å²) in [4.78, 5) is 12.7. The number of rotatable bonds is 7. The zero-order chi connectivity index (χ0) is 23.1. The molecular formula is C25H26Cl2N2O3. The number of hydrogen-bond donors (Lipinski definition) is 1. The Hall–Kier alpha value is -2.68. The third kappa shape index (κ3) is 6.18. The number of hydrogen-bond acceptors (Lipinski definition) is 4. The summed E-state index contributed by atoms with van der Waals surface area (Å²) >= 11 is 12.4. The molecule has 5 nitrogen and oxygen atoms in total. The summed E-state index contributed by atoms with van der Waals surface area (Å²) in [5, 5.41) is 13.5. The molecular weight excluding hydrogens is 447 g/mol. The number of carbonyl (C=O) groups is 1. The second kappa shape index (κ2) is 11.3. The molecule has 1 aliphatic carbocycles. The molecule has 1 N–H and O–H groups in total. The van der Waals surface area contributed by atoms with E-state index in [1.54, 1.807) is 24.3 Å². The lowest BCUT2D eigenvalue weighted by molar-refractivity contribution is -0.118. The van der Waals surface area contributed by atoms with Gasteiger partial charge >= 0.3 is 0 Å². The Labute approximate surface area is 198 Å². The quantitative estimate of drug-likeness (QED) is 0.385. The van der Waals surface area contributed by atoms with Crippen LogP contribution in [0.5, 0.6) is 11.5 Å². The van der Waals surface area contributed by atoms with Gasteiger partial charge in [-0.15, -0.1) is 0 Å². The average Bonchev–Trinajstić information content (AvgIpc) is 2.79. The van der Waals surface area contributed by atoms with Crippen molar-refractivity contribution in [2.45, 2.75) is 45.3 Å². The van der Waals surface area contributed by atoms with E-state index < -0.39 is 0 Å². The first kappa shape index (κ1) is 24.0. The fraction of sp³-hybridized carbons (Fsp3) is 0.360. The van der Waals surface area contributed by atoms with Crippen LogP contribution in [0.4, 0.5) is 0 Å². The van der Waals surface area contributed by atoms with Crippen LogP contribution in [-0.4, -0.2) is 19.1 Å². The average molecular weight is 473 g/mol. The largest absolute Gasteiger partial charge is 0.493 e. The topological polar surface area (TPSA) is 71.3 Å². The van der Waals surface area contributed by atoms with Gasteiger partial charge in [-0.2, -0.15) is 5.26 Å². The lowest BCUT2D eigenvalue weighted by Crippen LogP contribution is -2.41. The number of ether oxygens (including phenoxy) is 2. The molecule has 0 heterocycles. The van der Waals surface area contributed by atoms with Gasteiger partial charge in [0.15, 0.2) is 11.5 Å². The van der Waals surface area contributed by atoms with Gasteiger partial charge in [0.05, 0.1) is 12.1 Å². The van der Waals surface area contributed by atoms with E-state index in [0.29, 0.717) is 33.0 Å². The summed E-state index contributed by atoms with van der Waals surface area (Å²) in [6.45, 7) is 2.42. The summed E-state index contributed by atoms with van der Waals surface area (Å²) in [7, 11) is 1.51. The van der Waals surface area contributed by atoms with Crippen LogP contribution in [0, 0.1) is 17.2 Å². The summed E-state index contributed by atoms with van der Waals surface area (Å²) in [5.41, 5.74) is 1.53. The molecule has 0 bridgehead atoms. The van der Waals surface area contributed by atoms with Crippen molar-refractivity contribution in [2.75, 3.05) is 7.11 Å². The SMILES string of the molecule is COc1cc(/C=C(\C#N)C(=O)N[C@H]2CCCC[C@H]2C)cc(Cl)c1OCc1ccc(Cl)cc1. The maximum atomic E-state index is 12.7. The molecule has 1 aliphatic rings. The Morgan fingerprint density at radius 2 is 1.94 bits per heavy atom. The first-order chi connectivity index (χ1) is 15.4. The molecule has 32 heavy (non-hydrogen) atoms. The van der Waals surface area contributed by atoms with E-state index in [1.807, 2.05) is 18.2 Å². The minimum absolute atomic E-state index is 0.0238. The van der Waals surface area contributed by atoms with Gasteiger partial charge in [0.1, 0.15) is 18.2 Å². The van der Waals surface area contributed by atoms with Crippen molar-refractivity contribution < 1.29 is 14.3 Å². The second-order valence-corrected chi connectivity index (χ2v) is 8.80. The van der Waals surface area contributed by atoms with Crippen LogP contribution < -0.4 is 14.8 Å². The first-order valence-electron chi connectivity index (χ1n) is 10.6. The molecule has 0 radical (unpaired) electrons. The highest BCUT2D eigenvalue weighted by Gasteiger charge is 2.24. The third-order valence-corrected chi connectivity index (χ3v) is 6.18. The maximum absolute atomic E-state index is 12.7. The zero-order valence-corrected chi connectivity index (χ0v) is 19.7. The number of methoxy groups -OCH3 is 1. The van der Waals surface area contributed by atoms with Crippen LogP contribution in [0.15, 0.2) is 42.0 Å². The van der Waals surface area contributed by atoms with Crippen LogP contribution in [0.3, 0.4) is 0 Å². The standard InChI is InChI=1S/C25H26Cl2N2O3/c1-16-5-3-4-6-22(16)29-25(30)19(14-28)11-18-12-21(27)24(23(13-18)31-2)32-15-17-7-9-20(26)10-8-17/h7-13,16,22H,3-6,15H2,1-2H3,(H,29,30)/b19-11+/t16-,22+/m1/s1. The molecule has 168 valence electrons. The van der Waals surface area contributed by atoms with Crippen molar-refractivity contribution in [2.24, 2.45) is 5.92 Å². The van der Waals surface area contributed by atoms with Crippen molar-refractivity contribution >= 4 is 35.2 Å². The van der Waals surface area contributed by atoms with Crippen molar-refractivity contribution in [1.29, 1.82) is 5.26 Å². The predicted octanol–water partition coefficient (Wildman–Crippen LogP) is 6.18. The van der Waals surface area contributed by atoms with Gasteiger partial charge in [0.25, 0.3) is 5.91 Å². The molecule has 0 aromatic heterocycles. The van der Waals surface area contributed by atoms with Gasteiger partial charge in [0, 0.05) is 11.1 Å². The molecule has 0 spiro atoms. The molecule has 0 aliphatic heterocycles. The fourth-order valence-electron chi connectivity index (χ4n) is 3.79. The summed E-state index contributed by atoms with van der Waals surface area (Å²) in [5.74, 6) is 0.834. The second-order valence-electron chi connectivity index (χ2n) is 7.96. The zero-order valence-electron chi connectivity index (χ0n) is 18.2. The lowest BCUT2D eigenvalue weighted by atomic mass is 9.86. The molecule has 2 atom stereocenters. The summed E-state index contributed by atoms with van der Waals surface area (Å²) in [6.07, 6.45) is 5.80. The molecule has 7 heteroatoms. The van der Waals surface area contributed by atoms with E-state index in [4.69, 9.17) is 32.7 Å². The molecule has 1 amide bonds. The molecule has 2 aromatic carbocycles. The summed E-state index contributed by atoms with van der Waals surface area (Å²) in [6, 6.07) is 12.7. The van der Waals surface area contributed by atoms with Gasteiger partial charge in [-0.3, -0.25) is 4.79 Å². The molecule has 2 aromatic rings. The van der Waals surface area contributed by atoms with Crippen LogP contribution >= 0.6 is 23.2 Å². The van der Waals surface area contributed by atoms with Gasteiger partial charge in [-0.25, -0.2) is 0 Å². The number of nitriles is 1. The smallest absolute Gasteiger partial charge is 0.262 e. The molecule has 0 saturated heterocycles. The maximum Gasteiger partial charge on any atom is 0.262 e. The van der Waals surface area contributed by atoms with Crippen molar-refractivity contribution in [1.82, 2.24) is 5.32 Å². The minimum atomic E-state index is -0.371. The third-order valence-electron chi connectivity index (χ3n) is 5.65. The Morgan fingerprint density at radius 3 is 2.59 bits per heavy atom. The van der Waals surface area contributed by atoms with E-state index in [1.165, 1.54) is 19.6 Å². The van der Waals surface area contributed by atoms with E-state index >= 15 is 0 Å². The highest BCUT2D eigenvalue weighted by Crippen LogP contribution is 2.37. The number of amides is 1. The lowest BCUT2D eigenvalue weighted by Gasteiger charge is -2.29. The number of benzene rings is 2. The van der Waals surface area contributed by atoms with Crippen LogP contribution in [-0.2, 0) is 11.4 Å². The molecule has 1 saturated carbocycles. The van der Waals surface area contributed by atoms with E-state index in [2.05, 4.69) is 12.2 Å². The number of halogens is 2. The van der Waals surface area contributed by atoms with E-state index in [9.17, 15) is 10.1 Å². The minimum Gasteiger partial charge on any atom is -0.493 e. The van der Waals surface area contributed by atoms with Crippen LogP contribution in [0.25, 0.3) is 6.08 Å². The Kier molecular flexibility index (Phi) is 8.44. The van der Waals surface area contributed by atoms with Crippen molar-refractivity contribution in [3.63, 3.8) is 0 Å². The van der Waals surface area contributed by atoms with Gasteiger partial charge < -0.3 is 14.8 Å². The Morgan fingerprint density at radius 1 is 1.22 bits per heavy atom. The molecule has 0 unspecified atom stereocenters. The van der Waals surface area contributed by atoms with Crippen molar-refractivity contribution in [3.8, 4) is 17.6 Å². The number of nitrogens with zero attached hydrogens (tertiary/aromatic N) is 1. The highest BCUT2D eigenvalue weighted by atomic mass is 35.5. The van der Waals surface area contributed by atoms with Gasteiger partial charge in [-0.1, -0.05) is 55.1 Å². The number of carbonyl (C=O) groups excluding carboxylic acids is 1. The number of nitrogens with one attached hydrogen (secondary N) is 1. The van der Waals surface area contributed by atoms with Gasteiger partial charge in [0.2, 0.25) is 0 Å². The van der Waals surface area contributed by atoms with Crippen LogP contribution in [0.2, 0.25) is 10.0 Å². The Balaban J connectivity index is 1.77. The molecule has 1 fully saturated rings. The Bertz CT molecular complexity index is 1030. The van der Waals surface area contributed by atoms with E-state index in [-0.39, 0.29) is 24.1 Å². The molecule has 3 rings (SSSR count). The first-order valence-corrected chi connectivity index (χ1v) is 11.3. The predicted molar refractivity (Wildman–Crippen MR) is 127 cm³/mol.